The smallest absolute Gasteiger partial charge is 0.220 e. The Balaban J connectivity index is 1.74. The van der Waals surface area contributed by atoms with Crippen molar-refractivity contribution in [1.29, 1.82) is 0 Å². The molecule has 0 radical (unpaired) electrons. The Labute approximate surface area is 145 Å². The highest BCUT2D eigenvalue weighted by molar-refractivity contribution is 5.73. The van der Waals surface area contributed by atoms with E-state index in [1.54, 1.807) is 6.92 Å². The summed E-state index contributed by atoms with van der Waals surface area (Å²) in [5.74, 6) is 0.199. The number of rotatable bonds is 5. The molecule has 3 heteroatoms. The van der Waals surface area contributed by atoms with Gasteiger partial charge in [0, 0.05) is 31.4 Å². The number of benzene rings is 1. The summed E-state index contributed by atoms with van der Waals surface area (Å²) in [5.41, 5.74) is 3.81. The lowest BCUT2D eigenvalue weighted by molar-refractivity contribution is -0.132. The van der Waals surface area contributed by atoms with Crippen molar-refractivity contribution in [1.82, 2.24) is 9.47 Å². The molecule has 3 nitrogen and oxygen atoms in total. The van der Waals surface area contributed by atoms with Crippen LogP contribution >= 0.6 is 0 Å². The molecule has 1 aromatic carbocycles. The summed E-state index contributed by atoms with van der Waals surface area (Å²) in [6.07, 6.45) is 8.23. The Morgan fingerprint density at radius 2 is 1.96 bits per heavy atom. The maximum absolute atomic E-state index is 12.2. The number of carbonyl (C=O) groups is 1. The highest BCUT2D eigenvalue weighted by Gasteiger charge is 2.24. The number of amides is 1. The van der Waals surface area contributed by atoms with Gasteiger partial charge in [0.25, 0.3) is 0 Å². The number of nitrogens with zero attached hydrogens (tertiary/aromatic N) is 2. The van der Waals surface area contributed by atoms with Gasteiger partial charge in [-0.15, -0.1) is 0 Å². The lowest BCUT2D eigenvalue weighted by Crippen LogP contribution is -2.40. The summed E-state index contributed by atoms with van der Waals surface area (Å²) < 4.78 is 2.27. The molecule has 0 aliphatic heterocycles. The topological polar surface area (TPSA) is 25.2 Å². The summed E-state index contributed by atoms with van der Waals surface area (Å²) in [6.45, 7) is 5.42. The Morgan fingerprint density at radius 3 is 2.67 bits per heavy atom. The van der Waals surface area contributed by atoms with Crippen molar-refractivity contribution in [3.05, 3.63) is 59.4 Å². The molecule has 0 saturated heterocycles. The minimum atomic E-state index is 0.199. The maximum Gasteiger partial charge on any atom is 0.220 e. The first-order valence-electron chi connectivity index (χ1n) is 9.10. The third kappa shape index (κ3) is 4.08. The predicted octanol–water partition coefficient (Wildman–Crippen LogP) is 4.53. The molecular weight excluding hydrogens is 296 g/mol. The van der Waals surface area contributed by atoms with Gasteiger partial charge in [-0.25, -0.2) is 0 Å². The van der Waals surface area contributed by atoms with Crippen LogP contribution in [0.3, 0.4) is 0 Å². The zero-order valence-electron chi connectivity index (χ0n) is 14.9. The largest absolute Gasteiger partial charge is 0.345 e. The Bertz CT molecular complexity index is 683. The number of carbonyl (C=O) groups excluding carboxylic acids is 1. The monoisotopic (exact) mass is 324 g/mol. The molecule has 1 aliphatic rings. The van der Waals surface area contributed by atoms with Gasteiger partial charge in [0.2, 0.25) is 5.91 Å². The second kappa shape index (κ2) is 7.69. The van der Waals surface area contributed by atoms with E-state index >= 15 is 0 Å². The molecule has 1 saturated carbocycles. The number of hydrogen-bond acceptors (Lipinski definition) is 1. The molecule has 0 spiro atoms. The molecular formula is C21H28N2O. The quantitative estimate of drug-likeness (QED) is 0.793. The summed E-state index contributed by atoms with van der Waals surface area (Å²) in [5, 5.41) is 0. The summed E-state index contributed by atoms with van der Waals surface area (Å²) in [7, 11) is 0. The molecule has 0 atom stereocenters. The van der Waals surface area contributed by atoms with E-state index in [-0.39, 0.29) is 5.91 Å². The van der Waals surface area contributed by atoms with Crippen LogP contribution in [0.5, 0.6) is 0 Å². The first kappa shape index (κ1) is 16.8. The Kier molecular flexibility index (Phi) is 5.39. The fourth-order valence-electron chi connectivity index (χ4n) is 3.82. The van der Waals surface area contributed by atoms with Crippen molar-refractivity contribution < 1.29 is 4.79 Å². The third-order valence-corrected chi connectivity index (χ3v) is 5.11. The molecule has 3 rings (SSSR count). The van der Waals surface area contributed by atoms with Crippen molar-refractivity contribution in [2.75, 3.05) is 0 Å². The van der Waals surface area contributed by atoms with E-state index < -0.39 is 0 Å². The van der Waals surface area contributed by atoms with Gasteiger partial charge >= 0.3 is 0 Å². The van der Waals surface area contributed by atoms with Gasteiger partial charge in [0.1, 0.15) is 0 Å². The van der Waals surface area contributed by atoms with E-state index in [2.05, 4.69) is 59.0 Å². The van der Waals surface area contributed by atoms with Gasteiger partial charge in [-0.1, -0.05) is 49.1 Å². The summed E-state index contributed by atoms with van der Waals surface area (Å²) in [6, 6.07) is 13.3. The Morgan fingerprint density at radius 1 is 1.17 bits per heavy atom. The van der Waals surface area contributed by atoms with Crippen LogP contribution in [0.1, 0.15) is 55.8 Å². The molecule has 1 aliphatic carbocycles. The normalized spacial score (nSPS) is 15.4. The Hall–Kier alpha value is -2.03. The molecule has 0 bridgehead atoms. The van der Waals surface area contributed by atoms with E-state index in [1.165, 1.54) is 36.1 Å². The van der Waals surface area contributed by atoms with Crippen molar-refractivity contribution >= 4 is 5.91 Å². The van der Waals surface area contributed by atoms with Gasteiger partial charge in [-0.2, -0.15) is 0 Å². The molecule has 0 N–H and O–H groups in total. The van der Waals surface area contributed by atoms with Crippen LogP contribution < -0.4 is 0 Å². The van der Waals surface area contributed by atoms with Crippen LogP contribution in [0, 0.1) is 6.92 Å². The van der Waals surface area contributed by atoms with E-state index in [9.17, 15) is 4.79 Å². The van der Waals surface area contributed by atoms with Gasteiger partial charge in [0.15, 0.2) is 0 Å². The van der Waals surface area contributed by atoms with Crippen LogP contribution in [-0.4, -0.2) is 21.4 Å². The average molecular weight is 324 g/mol. The fraction of sp³-hybridized carbons (Fsp3) is 0.476. The van der Waals surface area contributed by atoms with Gasteiger partial charge in [-0.05, 0) is 37.5 Å². The van der Waals surface area contributed by atoms with Crippen LogP contribution in [0.2, 0.25) is 0 Å². The third-order valence-electron chi connectivity index (χ3n) is 5.11. The van der Waals surface area contributed by atoms with E-state index in [1.807, 2.05) is 0 Å². The van der Waals surface area contributed by atoms with E-state index in [0.29, 0.717) is 6.04 Å². The van der Waals surface area contributed by atoms with Gasteiger partial charge in [0.05, 0.1) is 6.54 Å². The molecule has 0 unspecified atom stereocenters. The van der Waals surface area contributed by atoms with Crippen molar-refractivity contribution in [2.24, 2.45) is 0 Å². The average Bonchev–Trinajstić information content (AvgIpc) is 3.00. The van der Waals surface area contributed by atoms with Crippen molar-refractivity contribution in [3.63, 3.8) is 0 Å². The zero-order valence-corrected chi connectivity index (χ0v) is 14.9. The number of hydrogen-bond donors (Lipinski definition) is 0. The molecule has 1 amide bonds. The van der Waals surface area contributed by atoms with Gasteiger partial charge in [-0.3, -0.25) is 4.79 Å². The van der Waals surface area contributed by atoms with Crippen LogP contribution in [0.15, 0.2) is 42.6 Å². The first-order valence-corrected chi connectivity index (χ1v) is 9.10. The van der Waals surface area contributed by atoms with Crippen LogP contribution in [0.25, 0.3) is 0 Å². The summed E-state index contributed by atoms with van der Waals surface area (Å²) >= 11 is 0. The van der Waals surface area contributed by atoms with Crippen molar-refractivity contribution in [2.45, 2.75) is 65.1 Å². The minimum absolute atomic E-state index is 0.199. The van der Waals surface area contributed by atoms with E-state index in [0.717, 1.165) is 25.9 Å². The van der Waals surface area contributed by atoms with Crippen LogP contribution in [-0.2, 0) is 17.9 Å². The van der Waals surface area contributed by atoms with E-state index in [4.69, 9.17) is 0 Å². The second-order valence-corrected chi connectivity index (χ2v) is 7.06. The lowest BCUT2D eigenvalue weighted by atomic mass is 9.94. The zero-order chi connectivity index (χ0) is 16.9. The molecule has 1 heterocycles. The molecule has 2 aromatic rings. The predicted molar refractivity (Wildman–Crippen MR) is 97.8 cm³/mol. The highest BCUT2D eigenvalue weighted by Crippen LogP contribution is 2.24. The number of aryl methyl sites for hydroxylation is 1. The molecule has 1 fully saturated rings. The van der Waals surface area contributed by atoms with Crippen molar-refractivity contribution in [3.8, 4) is 0 Å². The lowest BCUT2D eigenvalue weighted by Gasteiger charge is -2.34. The van der Waals surface area contributed by atoms with Gasteiger partial charge < -0.3 is 9.47 Å². The van der Waals surface area contributed by atoms with Crippen LogP contribution in [0.4, 0.5) is 0 Å². The maximum atomic E-state index is 12.2. The summed E-state index contributed by atoms with van der Waals surface area (Å²) in [4.78, 5) is 14.3. The second-order valence-electron chi connectivity index (χ2n) is 7.06. The molecule has 128 valence electrons. The molecule has 1 aromatic heterocycles. The standard InChI is InChI=1S/C21H28N2O/c1-17-8-6-9-19(14-17)15-22-13-7-12-21(22)16-23(18(2)24)20-10-4-3-5-11-20/h6-9,12-14,20H,3-5,10-11,15-16H2,1-2H3. The SMILES string of the molecule is CC(=O)N(Cc1cccn1Cc1cccc(C)c1)C1CCCCC1. The number of aromatic nitrogens is 1. The highest BCUT2D eigenvalue weighted by atomic mass is 16.2. The first-order chi connectivity index (χ1) is 11.6. The molecule has 24 heavy (non-hydrogen) atoms. The minimum Gasteiger partial charge on any atom is -0.345 e. The fourth-order valence-corrected chi connectivity index (χ4v) is 3.82.